The molecule has 0 radical (unpaired) electrons. The van der Waals surface area contributed by atoms with E-state index in [0.717, 1.165) is 24.1 Å². The molecule has 23 heavy (non-hydrogen) atoms. The van der Waals surface area contributed by atoms with Gasteiger partial charge in [-0.05, 0) is 35.7 Å². The number of nitrogens with one attached hydrogen (secondary N) is 1. The summed E-state index contributed by atoms with van der Waals surface area (Å²) in [5.74, 6) is -0.330. The summed E-state index contributed by atoms with van der Waals surface area (Å²) < 4.78 is 27.0. The van der Waals surface area contributed by atoms with E-state index in [2.05, 4.69) is 5.32 Å². The fourth-order valence-electron chi connectivity index (χ4n) is 2.57. The van der Waals surface area contributed by atoms with Crippen molar-refractivity contribution >= 4 is 38.6 Å². The van der Waals surface area contributed by atoms with E-state index in [1.807, 2.05) is 17.5 Å². The number of amides is 1. The lowest BCUT2D eigenvalue weighted by molar-refractivity contribution is 0.0952. The molecule has 2 aromatic heterocycles. The standard InChI is InChI=1S/C15H18N2O3S3/c18-15(16-11-12-5-4-9-21-12)14-13(6-10-22-14)23(19,20)17-7-2-1-3-8-17/h4-6,9-10H,1-3,7-8,11H2,(H,16,18). The molecule has 1 N–H and O–H groups in total. The van der Waals surface area contributed by atoms with Gasteiger partial charge in [0, 0.05) is 18.0 Å². The van der Waals surface area contributed by atoms with Gasteiger partial charge in [-0.15, -0.1) is 22.7 Å². The van der Waals surface area contributed by atoms with Crippen molar-refractivity contribution < 1.29 is 13.2 Å². The molecule has 2 aromatic rings. The summed E-state index contributed by atoms with van der Waals surface area (Å²) in [5, 5.41) is 6.41. The molecule has 124 valence electrons. The lowest BCUT2D eigenvalue weighted by Crippen LogP contribution is -2.36. The van der Waals surface area contributed by atoms with Gasteiger partial charge in [-0.3, -0.25) is 4.79 Å². The van der Waals surface area contributed by atoms with Crippen LogP contribution >= 0.6 is 22.7 Å². The predicted molar refractivity (Wildman–Crippen MR) is 92.4 cm³/mol. The maximum absolute atomic E-state index is 12.8. The van der Waals surface area contributed by atoms with E-state index in [4.69, 9.17) is 0 Å². The van der Waals surface area contributed by atoms with Crippen LogP contribution in [0.4, 0.5) is 0 Å². The maximum Gasteiger partial charge on any atom is 0.263 e. The number of rotatable bonds is 5. The molecule has 5 nitrogen and oxygen atoms in total. The minimum atomic E-state index is -3.58. The van der Waals surface area contributed by atoms with Gasteiger partial charge in [0.05, 0.1) is 6.54 Å². The van der Waals surface area contributed by atoms with Crippen molar-refractivity contribution in [3.05, 3.63) is 38.7 Å². The van der Waals surface area contributed by atoms with E-state index in [0.29, 0.717) is 19.6 Å². The molecule has 0 spiro atoms. The number of thiophene rings is 2. The lowest BCUT2D eigenvalue weighted by atomic mass is 10.2. The smallest absolute Gasteiger partial charge is 0.263 e. The Kier molecular flexibility index (Phi) is 5.15. The van der Waals surface area contributed by atoms with Crippen LogP contribution in [-0.4, -0.2) is 31.7 Å². The summed E-state index contributed by atoms with van der Waals surface area (Å²) >= 11 is 2.73. The van der Waals surface area contributed by atoms with Crippen LogP contribution in [0.1, 0.15) is 33.8 Å². The Hall–Kier alpha value is -1.22. The second-order valence-corrected chi connectivity index (χ2v) is 9.20. The van der Waals surface area contributed by atoms with Crippen molar-refractivity contribution in [1.29, 1.82) is 0 Å². The predicted octanol–water partition coefficient (Wildman–Crippen LogP) is 2.91. The van der Waals surface area contributed by atoms with E-state index in [9.17, 15) is 13.2 Å². The molecule has 3 rings (SSSR count). The Morgan fingerprint density at radius 1 is 1.13 bits per heavy atom. The Morgan fingerprint density at radius 2 is 1.91 bits per heavy atom. The third-order valence-corrected chi connectivity index (χ3v) is 7.63. The monoisotopic (exact) mass is 370 g/mol. The fraction of sp³-hybridized carbons (Fsp3) is 0.400. The molecule has 0 bridgehead atoms. The summed E-state index contributed by atoms with van der Waals surface area (Å²) in [6, 6.07) is 5.39. The molecule has 1 aliphatic rings. The number of carbonyl (C=O) groups excluding carboxylic acids is 1. The molecule has 0 aliphatic carbocycles. The number of nitrogens with zero attached hydrogens (tertiary/aromatic N) is 1. The summed E-state index contributed by atoms with van der Waals surface area (Å²) in [5.41, 5.74) is 0. The molecule has 0 unspecified atom stereocenters. The third-order valence-electron chi connectivity index (χ3n) is 3.77. The molecular weight excluding hydrogens is 352 g/mol. The van der Waals surface area contributed by atoms with Crippen molar-refractivity contribution in [1.82, 2.24) is 9.62 Å². The van der Waals surface area contributed by atoms with Crippen LogP contribution in [0, 0.1) is 0 Å². The normalized spacial score (nSPS) is 16.3. The number of hydrogen-bond acceptors (Lipinski definition) is 5. The summed E-state index contributed by atoms with van der Waals surface area (Å²) in [4.78, 5) is 13.8. The highest BCUT2D eigenvalue weighted by Crippen LogP contribution is 2.27. The van der Waals surface area contributed by atoms with Gasteiger partial charge in [-0.25, -0.2) is 8.42 Å². The van der Waals surface area contributed by atoms with Gasteiger partial charge in [0.1, 0.15) is 9.77 Å². The first-order valence-electron chi connectivity index (χ1n) is 7.47. The molecular formula is C15H18N2O3S3. The zero-order chi connectivity index (χ0) is 16.3. The second kappa shape index (κ2) is 7.12. The van der Waals surface area contributed by atoms with Gasteiger partial charge in [-0.2, -0.15) is 4.31 Å². The molecule has 1 aliphatic heterocycles. The van der Waals surface area contributed by atoms with Gasteiger partial charge < -0.3 is 5.32 Å². The van der Waals surface area contributed by atoms with Crippen molar-refractivity contribution in [2.24, 2.45) is 0 Å². The topological polar surface area (TPSA) is 66.5 Å². The minimum Gasteiger partial charge on any atom is -0.346 e. The summed E-state index contributed by atoms with van der Waals surface area (Å²) in [6.45, 7) is 1.49. The van der Waals surface area contributed by atoms with Gasteiger partial charge in [0.15, 0.2) is 0 Å². The molecule has 8 heteroatoms. The first-order chi connectivity index (χ1) is 11.1. The average Bonchev–Trinajstić information content (AvgIpc) is 3.25. The Labute approximate surface area is 144 Å². The third kappa shape index (κ3) is 3.65. The van der Waals surface area contributed by atoms with Crippen molar-refractivity contribution in [3.63, 3.8) is 0 Å². The zero-order valence-corrected chi connectivity index (χ0v) is 15.0. The van der Waals surface area contributed by atoms with E-state index in [1.165, 1.54) is 21.7 Å². The lowest BCUT2D eigenvalue weighted by Gasteiger charge is -2.25. The highest BCUT2D eigenvalue weighted by Gasteiger charge is 2.30. The van der Waals surface area contributed by atoms with Gasteiger partial charge in [0.2, 0.25) is 10.0 Å². The Bertz CT molecular complexity index is 760. The van der Waals surface area contributed by atoms with E-state index >= 15 is 0 Å². The van der Waals surface area contributed by atoms with Crippen LogP contribution in [-0.2, 0) is 16.6 Å². The first kappa shape index (κ1) is 16.6. The van der Waals surface area contributed by atoms with Crippen LogP contribution in [0.5, 0.6) is 0 Å². The first-order valence-corrected chi connectivity index (χ1v) is 10.7. The zero-order valence-electron chi connectivity index (χ0n) is 12.5. The van der Waals surface area contributed by atoms with Crippen molar-refractivity contribution in [2.75, 3.05) is 13.1 Å². The fourth-order valence-corrected chi connectivity index (χ4v) is 6.05. The molecule has 0 atom stereocenters. The number of carbonyl (C=O) groups is 1. The highest BCUT2D eigenvalue weighted by molar-refractivity contribution is 7.89. The van der Waals surface area contributed by atoms with Gasteiger partial charge >= 0.3 is 0 Å². The molecule has 1 amide bonds. The highest BCUT2D eigenvalue weighted by atomic mass is 32.2. The van der Waals surface area contributed by atoms with Crippen LogP contribution in [0.15, 0.2) is 33.9 Å². The molecule has 0 aromatic carbocycles. The molecule has 3 heterocycles. The average molecular weight is 371 g/mol. The van der Waals surface area contributed by atoms with Crippen LogP contribution in [0.3, 0.4) is 0 Å². The summed E-state index contributed by atoms with van der Waals surface area (Å²) in [6.07, 6.45) is 2.82. The van der Waals surface area contributed by atoms with E-state index < -0.39 is 10.0 Å². The molecule has 1 fully saturated rings. The van der Waals surface area contributed by atoms with Gasteiger partial charge in [-0.1, -0.05) is 12.5 Å². The summed E-state index contributed by atoms with van der Waals surface area (Å²) in [7, 11) is -3.58. The van der Waals surface area contributed by atoms with E-state index in [1.54, 1.807) is 16.7 Å². The number of piperidine rings is 1. The van der Waals surface area contributed by atoms with Crippen molar-refractivity contribution in [2.45, 2.75) is 30.7 Å². The Balaban J connectivity index is 1.77. The number of hydrogen-bond donors (Lipinski definition) is 1. The minimum absolute atomic E-state index is 0.132. The van der Waals surface area contributed by atoms with Crippen LogP contribution < -0.4 is 5.32 Å². The van der Waals surface area contributed by atoms with Crippen LogP contribution in [0.25, 0.3) is 0 Å². The van der Waals surface area contributed by atoms with Crippen LogP contribution in [0.2, 0.25) is 0 Å². The molecule has 0 saturated carbocycles. The number of sulfonamides is 1. The Morgan fingerprint density at radius 3 is 2.61 bits per heavy atom. The van der Waals surface area contributed by atoms with E-state index in [-0.39, 0.29) is 15.7 Å². The van der Waals surface area contributed by atoms with Gasteiger partial charge in [0.25, 0.3) is 5.91 Å². The molecule has 1 saturated heterocycles. The van der Waals surface area contributed by atoms with Crippen molar-refractivity contribution in [3.8, 4) is 0 Å². The SMILES string of the molecule is O=C(NCc1cccs1)c1sccc1S(=O)(=O)N1CCCCC1. The second-order valence-electron chi connectivity index (χ2n) is 5.34. The maximum atomic E-state index is 12.8. The quantitative estimate of drug-likeness (QED) is 0.880. The largest absolute Gasteiger partial charge is 0.346 e.